The van der Waals surface area contributed by atoms with Crippen LogP contribution in [0, 0.1) is 0 Å². The Morgan fingerprint density at radius 2 is 1.46 bits per heavy atom. The van der Waals surface area contributed by atoms with Crippen LogP contribution in [0.3, 0.4) is 0 Å². The minimum Gasteiger partial charge on any atom is -0.481 e. The van der Waals surface area contributed by atoms with Gasteiger partial charge >= 0.3 is 5.97 Å². The van der Waals surface area contributed by atoms with Gasteiger partial charge < -0.3 is 5.11 Å². The van der Waals surface area contributed by atoms with Gasteiger partial charge in [-0.3, -0.25) is 4.79 Å². The quantitative estimate of drug-likeness (QED) is 0.654. The van der Waals surface area contributed by atoms with E-state index in [0.717, 1.165) is 27.8 Å². The van der Waals surface area contributed by atoms with Crippen LogP contribution in [0.4, 0.5) is 0 Å². The highest BCUT2D eigenvalue weighted by Crippen LogP contribution is 2.35. The lowest BCUT2D eigenvalue weighted by atomic mass is 9.84. The van der Waals surface area contributed by atoms with E-state index < -0.39 is 5.97 Å². The summed E-state index contributed by atoms with van der Waals surface area (Å²) >= 11 is 12.2. The number of rotatable bonds is 5. The molecule has 0 heterocycles. The first-order valence-electron chi connectivity index (χ1n) is 8.04. The second-order valence-electron chi connectivity index (χ2n) is 6.64. The maximum Gasteiger partial charge on any atom is 0.307 e. The predicted molar refractivity (Wildman–Crippen MR) is 101 cm³/mol. The molecule has 0 saturated carbocycles. The van der Waals surface area contributed by atoms with Crippen LogP contribution >= 0.6 is 23.2 Å². The number of halogens is 2. The van der Waals surface area contributed by atoms with Crippen LogP contribution in [0.25, 0.3) is 11.1 Å². The fourth-order valence-corrected chi connectivity index (χ4v) is 3.24. The summed E-state index contributed by atoms with van der Waals surface area (Å²) < 4.78 is 0. The molecule has 0 aromatic heterocycles. The molecular weight excluding hydrogens is 343 g/mol. The molecule has 0 spiro atoms. The molecule has 24 heavy (non-hydrogen) atoms. The zero-order valence-electron chi connectivity index (χ0n) is 14.4. The molecule has 0 atom stereocenters. The fraction of sp³-hybridized carbons (Fsp3) is 0.350. The average molecular weight is 365 g/mol. The molecule has 0 amide bonds. The van der Waals surface area contributed by atoms with Gasteiger partial charge in [0.05, 0.1) is 16.5 Å². The predicted octanol–water partition coefficient (Wildman–Crippen LogP) is 6.53. The van der Waals surface area contributed by atoms with Crippen LogP contribution in [-0.4, -0.2) is 11.1 Å². The van der Waals surface area contributed by atoms with Crippen LogP contribution in [-0.2, 0) is 11.2 Å². The molecule has 0 aliphatic rings. The van der Waals surface area contributed by atoms with Crippen molar-refractivity contribution in [2.45, 2.75) is 46.0 Å². The van der Waals surface area contributed by atoms with Crippen molar-refractivity contribution in [2.24, 2.45) is 0 Å². The van der Waals surface area contributed by atoms with E-state index >= 15 is 0 Å². The summed E-state index contributed by atoms with van der Waals surface area (Å²) in [6, 6.07) is 9.73. The van der Waals surface area contributed by atoms with Gasteiger partial charge in [-0.1, -0.05) is 69.1 Å². The van der Waals surface area contributed by atoms with Gasteiger partial charge in [0, 0.05) is 0 Å². The standard InChI is InChI=1S/C20H22Cl2O2/c1-11(2)15-7-14(13-5-6-18(21)19(22)9-13)8-16(12(3)4)17(15)10-20(23)24/h5-9,11-12H,10H2,1-4H3,(H,23,24). The van der Waals surface area contributed by atoms with Gasteiger partial charge in [0.25, 0.3) is 0 Å². The highest BCUT2D eigenvalue weighted by atomic mass is 35.5. The third-order valence-corrected chi connectivity index (χ3v) is 4.88. The summed E-state index contributed by atoms with van der Waals surface area (Å²) in [6.45, 7) is 8.35. The molecule has 2 rings (SSSR count). The van der Waals surface area contributed by atoms with Crippen molar-refractivity contribution in [1.82, 2.24) is 0 Å². The van der Waals surface area contributed by atoms with Crippen molar-refractivity contribution in [3.63, 3.8) is 0 Å². The van der Waals surface area contributed by atoms with Crippen LogP contribution < -0.4 is 0 Å². The average Bonchev–Trinajstić information content (AvgIpc) is 2.49. The van der Waals surface area contributed by atoms with Gasteiger partial charge in [-0.25, -0.2) is 0 Å². The summed E-state index contributed by atoms with van der Waals surface area (Å²) in [5.41, 5.74) is 5.09. The Bertz CT molecular complexity index is 735. The summed E-state index contributed by atoms with van der Waals surface area (Å²) in [5, 5.41) is 10.3. The Kier molecular flexibility index (Phi) is 5.95. The molecule has 1 N–H and O–H groups in total. The smallest absolute Gasteiger partial charge is 0.307 e. The van der Waals surface area contributed by atoms with E-state index in [0.29, 0.717) is 10.0 Å². The van der Waals surface area contributed by atoms with Crippen molar-refractivity contribution in [1.29, 1.82) is 0 Å². The van der Waals surface area contributed by atoms with Gasteiger partial charge in [0.1, 0.15) is 0 Å². The van der Waals surface area contributed by atoms with Crippen molar-refractivity contribution in [3.05, 3.63) is 57.1 Å². The van der Waals surface area contributed by atoms with Crippen molar-refractivity contribution in [3.8, 4) is 11.1 Å². The zero-order chi connectivity index (χ0) is 18.0. The summed E-state index contributed by atoms with van der Waals surface area (Å²) in [4.78, 5) is 11.3. The van der Waals surface area contributed by atoms with Gasteiger partial charge in [-0.15, -0.1) is 0 Å². The van der Waals surface area contributed by atoms with Crippen LogP contribution in [0.15, 0.2) is 30.3 Å². The maximum absolute atomic E-state index is 11.3. The number of aliphatic carboxylic acids is 1. The minimum absolute atomic E-state index is 0.0443. The van der Waals surface area contributed by atoms with Crippen molar-refractivity contribution < 1.29 is 9.90 Å². The third-order valence-electron chi connectivity index (χ3n) is 4.14. The minimum atomic E-state index is -0.805. The fourth-order valence-electron chi connectivity index (χ4n) is 2.95. The maximum atomic E-state index is 11.3. The molecule has 2 aromatic carbocycles. The number of benzene rings is 2. The third kappa shape index (κ3) is 4.12. The molecule has 2 aromatic rings. The molecule has 0 aliphatic carbocycles. The molecular formula is C20H22Cl2O2. The van der Waals surface area contributed by atoms with Gasteiger partial charge in [0.15, 0.2) is 0 Å². The van der Waals surface area contributed by atoms with E-state index in [1.54, 1.807) is 6.07 Å². The van der Waals surface area contributed by atoms with E-state index in [9.17, 15) is 9.90 Å². The number of hydrogen-bond acceptors (Lipinski definition) is 1. The highest BCUT2D eigenvalue weighted by Gasteiger charge is 2.18. The van der Waals surface area contributed by atoms with Gasteiger partial charge in [0.2, 0.25) is 0 Å². The lowest BCUT2D eigenvalue weighted by Gasteiger charge is -2.21. The van der Waals surface area contributed by atoms with E-state index in [4.69, 9.17) is 23.2 Å². The number of carboxylic acid groups (broad SMARTS) is 1. The number of hydrogen-bond donors (Lipinski definition) is 1. The topological polar surface area (TPSA) is 37.3 Å². The van der Waals surface area contributed by atoms with E-state index in [-0.39, 0.29) is 18.3 Å². The first-order chi connectivity index (χ1) is 11.2. The normalized spacial score (nSPS) is 11.3. The largest absolute Gasteiger partial charge is 0.481 e. The van der Waals surface area contributed by atoms with Crippen molar-refractivity contribution >= 4 is 29.2 Å². The van der Waals surface area contributed by atoms with E-state index in [1.807, 2.05) is 12.1 Å². The first-order valence-corrected chi connectivity index (χ1v) is 8.80. The molecule has 128 valence electrons. The monoisotopic (exact) mass is 364 g/mol. The summed E-state index contributed by atoms with van der Waals surface area (Å²) in [7, 11) is 0. The molecule has 0 radical (unpaired) electrons. The summed E-state index contributed by atoms with van der Waals surface area (Å²) in [5.74, 6) is -0.333. The number of carboxylic acids is 1. The van der Waals surface area contributed by atoms with E-state index in [1.165, 1.54) is 0 Å². The first kappa shape index (κ1) is 18.8. The lowest BCUT2D eigenvalue weighted by molar-refractivity contribution is -0.136. The van der Waals surface area contributed by atoms with Gasteiger partial charge in [-0.2, -0.15) is 0 Å². The molecule has 0 aliphatic heterocycles. The molecule has 2 nitrogen and oxygen atoms in total. The van der Waals surface area contributed by atoms with Crippen LogP contribution in [0.1, 0.15) is 56.2 Å². The van der Waals surface area contributed by atoms with E-state index in [2.05, 4.69) is 39.8 Å². The molecule has 0 bridgehead atoms. The highest BCUT2D eigenvalue weighted by molar-refractivity contribution is 6.42. The second kappa shape index (κ2) is 7.58. The second-order valence-corrected chi connectivity index (χ2v) is 7.46. The molecule has 0 unspecified atom stereocenters. The van der Waals surface area contributed by atoms with Gasteiger partial charge in [-0.05, 0) is 51.8 Å². The molecule has 0 saturated heterocycles. The zero-order valence-corrected chi connectivity index (χ0v) is 15.9. The SMILES string of the molecule is CC(C)c1cc(-c2ccc(Cl)c(Cl)c2)cc(C(C)C)c1CC(=O)O. The summed E-state index contributed by atoms with van der Waals surface area (Å²) in [6.07, 6.45) is 0.0443. The Balaban J connectivity index is 2.70. The Hall–Kier alpha value is -1.51. The Morgan fingerprint density at radius 1 is 0.917 bits per heavy atom. The molecule has 0 fully saturated rings. The number of carbonyl (C=O) groups is 1. The Labute approximate surface area is 153 Å². The van der Waals surface area contributed by atoms with Crippen LogP contribution in [0.2, 0.25) is 10.0 Å². The van der Waals surface area contributed by atoms with Crippen LogP contribution in [0.5, 0.6) is 0 Å². The Morgan fingerprint density at radius 3 is 1.88 bits per heavy atom. The lowest BCUT2D eigenvalue weighted by Crippen LogP contribution is -2.10. The molecule has 4 heteroatoms. The van der Waals surface area contributed by atoms with Crippen molar-refractivity contribution in [2.75, 3.05) is 0 Å².